The minimum absolute atomic E-state index is 0.310. The molecule has 0 atom stereocenters. The van der Waals surface area contributed by atoms with Gasteiger partial charge in [0.15, 0.2) is 5.65 Å². The number of hydrogen-bond donors (Lipinski definition) is 1. The Morgan fingerprint density at radius 1 is 1.44 bits per heavy atom. The van der Waals surface area contributed by atoms with Crippen LogP contribution in [0.25, 0.3) is 5.65 Å². The van der Waals surface area contributed by atoms with E-state index in [0.29, 0.717) is 17.8 Å². The Morgan fingerprint density at radius 3 is 2.89 bits per heavy atom. The zero-order chi connectivity index (χ0) is 13.1. The van der Waals surface area contributed by atoms with Crippen molar-refractivity contribution in [2.75, 3.05) is 13.1 Å². The zero-order valence-electron chi connectivity index (χ0n) is 9.78. The zero-order valence-corrected chi connectivity index (χ0v) is 9.78. The van der Waals surface area contributed by atoms with Crippen LogP contribution in [-0.4, -0.2) is 49.6 Å². The lowest BCUT2D eigenvalue weighted by molar-refractivity contribution is -0.137. The lowest BCUT2D eigenvalue weighted by atomic mass is 10.2. The van der Waals surface area contributed by atoms with Gasteiger partial charge in [-0.1, -0.05) is 0 Å². The molecule has 1 N–H and O–H groups in total. The molecule has 2 rings (SSSR count). The van der Waals surface area contributed by atoms with E-state index in [1.165, 1.54) is 11.2 Å². The fraction of sp³-hybridized carbons (Fsp3) is 0.273. The van der Waals surface area contributed by atoms with E-state index in [4.69, 9.17) is 5.11 Å². The Hall–Kier alpha value is -2.44. The molecule has 0 fully saturated rings. The van der Waals surface area contributed by atoms with Crippen LogP contribution < -0.4 is 0 Å². The number of carbonyl (C=O) groups excluding carboxylic acids is 1. The Labute approximate surface area is 103 Å². The normalized spacial score (nSPS) is 10.5. The van der Waals surface area contributed by atoms with E-state index in [1.54, 1.807) is 29.7 Å². The lowest BCUT2D eigenvalue weighted by Gasteiger charge is -2.18. The van der Waals surface area contributed by atoms with Gasteiger partial charge in [0, 0.05) is 12.7 Å². The molecule has 2 aromatic heterocycles. The van der Waals surface area contributed by atoms with Gasteiger partial charge >= 0.3 is 5.97 Å². The molecule has 0 unspecified atom stereocenters. The van der Waals surface area contributed by atoms with Gasteiger partial charge in [0.1, 0.15) is 12.9 Å². The molecule has 0 spiro atoms. The van der Waals surface area contributed by atoms with Crippen molar-refractivity contribution >= 4 is 17.5 Å². The number of carboxylic acid groups (broad SMARTS) is 1. The molecule has 94 valence electrons. The summed E-state index contributed by atoms with van der Waals surface area (Å²) in [7, 11) is 0. The molecule has 2 heterocycles. The number of nitrogens with zero attached hydrogens (tertiary/aromatic N) is 4. The van der Waals surface area contributed by atoms with E-state index in [9.17, 15) is 9.59 Å². The van der Waals surface area contributed by atoms with Crippen LogP contribution in [0.3, 0.4) is 0 Å². The van der Waals surface area contributed by atoms with Gasteiger partial charge in [-0.2, -0.15) is 0 Å². The molecular weight excluding hydrogens is 236 g/mol. The molecule has 0 aromatic carbocycles. The Bertz CT molecular complexity index is 593. The quantitative estimate of drug-likeness (QED) is 0.839. The van der Waals surface area contributed by atoms with Gasteiger partial charge in [0.05, 0.1) is 5.56 Å². The molecular formula is C11H12N4O3. The molecule has 0 aliphatic carbocycles. The Balaban J connectivity index is 2.28. The van der Waals surface area contributed by atoms with Gasteiger partial charge in [-0.15, -0.1) is 10.2 Å². The predicted molar refractivity (Wildman–Crippen MR) is 62.2 cm³/mol. The average molecular weight is 248 g/mol. The predicted octanol–water partition coefficient (Wildman–Crippen LogP) is 0.276. The fourth-order valence-corrected chi connectivity index (χ4v) is 1.63. The fourth-order valence-electron chi connectivity index (χ4n) is 1.63. The number of pyridine rings is 1. The summed E-state index contributed by atoms with van der Waals surface area (Å²) < 4.78 is 1.61. The smallest absolute Gasteiger partial charge is 0.323 e. The number of rotatable bonds is 4. The van der Waals surface area contributed by atoms with Gasteiger partial charge in [-0.25, -0.2) is 0 Å². The van der Waals surface area contributed by atoms with Crippen molar-refractivity contribution < 1.29 is 14.7 Å². The number of hydrogen-bond acceptors (Lipinski definition) is 4. The molecule has 7 heteroatoms. The van der Waals surface area contributed by atoms with Crippen molar-refractivity contribution in [2.24, 2.45) is 0 Å². The number of aliphatic carboxylic acids is 1. The first-order chi connectivity index (χ1) is 8.61. The second kappa shape index (κ2) is 4.82. The van der Waals surface area contributed by atoms with E-state index in [0.717, 1.165) is 0 Å². The number of aromatic nitrogens is 3. The highest BCUT2D eigenvalue weighted by Gasteiger charge is 2.17. The van der Waals surface area contributed by atoms with E-state index < -0.39 is 5.97 Å². The van der Waals surface area contributed by atoms with Crippen LogP contribution in [0.5, 0.6) is 0 Å². The van der Waals surface area contributed by atoms with Crippen molar-refractivity contribution in [2.45, 2.75) is 6.92 Å². The molecule has 7 nitrogen and oxygen atoms in total. The highest BCUT2D eigenvalue weighted by molar-refractivity contribution is 5.95. The van der Waals surface area contributed by atoms with E-state index in [2.05, 4.69) is 10.2 Å². The van der Waals surface area contributed by atoms with Crippen LogP contribution >= 0.6 is 0 Å². The first-order valence-electron chi connectivity index (χ1n) is 5.42. The first-order valence-corrected chi connectivity index (χ1v) is 5.42. The summed E-state index contributed by atoms with van der Waals surface area (Å²) in [5.41, 5.74) is 1.04. The van der Waals surface area contributed by atoms with Crippen molar-refractivity contribution in [3.8, 4) is 0 Å². The third kappa shape index (κ3) is 2.29. The molecule has 1 amide bonds. The maximum atomic E-state index is 12.1. The monoisotopic (exact) mass is 248 g/mol. The number of likely N-dealkylation sites (N-methyl/N-ethyl adjacent to an activating group) is 1. The van der Waals surface area contributed by atoms with Crippen molar-refractivity contribution in [1.82, 2.24) is 19.5 Å². The van der Waals surface area contributed by atoms with Crippen LogP contribution in [0, 0.1) is 0 Å². The summed E-state index contributed by atoms with van der Waals surface area (Å²) in [5, 5.41) is 16.3. The maximum absolute atomic E-state index is 12.1. The van der Waals surface area contributed by atoms with E-state index in [-0.39, 0.29) is 12.5 Å². The largest absolute Gasteiger partial charge is 0.480 e. The number of fused-ring (bicyclic) bond motifs is 1. The molecule has 0 aliphatic heterocycles. The molecule has 0 saturated carbocycles. The summed E-state index contributed by atoms with van der Waals surface area (Å²) in [4.78, 5) is 24.0. The first kappa shape index (κ1) is 12.0. The topological polar surface area (TPSA) is 87.8 Å². The van der Waals surface area contributed by atoms with Gasteiger partial charge in [0.25, 0.3) is 5.91 Å². The van der Waals surface area contributed by atoms with Crippen LogP contribution in [0.2, 0.25) is 0 Å². The summed E-state index contributed by atoms with van der Waals surface area (Å²) in [6.45, 7) is 1.76. The molecule has 0 aliphatic rings. The minimum atomic E-state index is -1.03. The van der Waals surface area contributed by atoms with Crippen molar-refractivity contribution in [1.29, 1.82) is 0 Å². The van der Waals surface area contributed by atoms with Gasteiger partial charge in [0.2, 0.25) is 0 Å². The van der Waals surface area contributed by atoms with E-state index in [1.807, 2.05) is 0 Å². The molecule has 2 aromatic rings. The van der Waals surface area contributed by atoms with Crippen molar-refractivity contribution in [3.05, 3.63) is 30.2 Å². The SMILES string of the molecule is CCN(CC(=O)O)C(=O)c1ccc2nncn2c1. The summed E-state index contributed by atoms with van der Waals surface area (Å²) in [6, 6.07) is 3.27. The van der Waals surface area contributed by atoms with Crippen molar-refractivity contribution in [3.63, 3.8) is 0 Å². The minimum Gasteiger partial charge on any atom is -0.480 e. The molecule has 18 heavy (non-hydrogen) atoms. The number of carbonyl (C=O) groups is 2. The summed E-state index contributed by atoms with van der Waals surface area (Å²) >= 11 is 0. The number of carboxylic acids is 1. The molecule has 0 radical (unpaired) electrons. The molecule has 0 saturated heterocycles. The maximum Gasteiger partial charge on any atom is 0.323 e. The van der Waals surface area contributed by atoms with Crippen LogP contribution in [-0.2, 0) is 4.79 Å². The van der Waals surface area contributed by atoms with Gasteiger partial charge in [-0.05, 0) is 19.1 Å². The third-order valence-corrected chi connectivity index (χ3v) is 2.53. The third-order valence-electron chi connectivity index (χ3n) is 2.53. The second-order valence-corrected chi connectivity index (χ2v) is 3.73. The second-order valence-electron chi connectivity index (χ2n) is 3.73. The summed E-state index contributed by atoms with van der Waals surface area (Å²) in [5.74, 6) is -1.36. The van der Waals surface area contributed by atoms with Crippen LogP contribution in [0.4, 0.5) is 0 Å². The average Bonchev–Trinajstić information content (AvgIpc) is 2.81. The highest BCUT2D eigenvalue weighted by atomic mass is 16.4. The Morgan fingerprint density at radius 2 is 2.22 bits per heavy atom. The van der Waals surface area contributed by atoms with Crippen LogP contribution in [0.15, 0.2) is 24.7 Å². The van der Waals surface area contributed by atoms with E-state index >= 15 is 0 Å². The molecule has 0 bridgehead atoms. The van der Waals surface area contributed by atoms with Gasteiger partial charge in [-0.3, -0.25) is 14.0 Å². The Kier molecular flexibility index (Phi) is 3.22. The standard InChI is InChI=1S/C11H12N4O3/c1-2-14(6-10(16)17)11(18)8-3-4-9-13-12-7-15(9)5-8/h3-5,7H,2,6H2,1H3,(H,16,17). The highest BCUT2D eigenvalue weighted by Crippen LogP contribution is 2.07. The van der Waals surface area contributed by atoms with Crippen LogP contribution in [0.1, 0.15) is 17.3 Å². The number of amides is 1. The van der Waals surface area contributed by atoms with Gasteiger partial charge < -0.3 is 10.0 Å². The lowest BCUT2D eigenvalue weighted by Crippen LogP contribution is -2.35. The summed E-state index contributed by atoms with van der Waals surface area (Å²) in [6.07, 6.45) is 3.07.